The molecule has 2 rings (SSSR count). The van der Waals surface area contributed by atoms with Gasteiger partial charge in [0.15, 0.2) is 0 Å². The Bertz CT molecular complexity index is 352. The van der Waals surface area contributed by atoms with E-state index in [1.54, 1.807) is 0 Å². The van der Waals surface area contributed by atoms with Crippen LogP contribution in [0.3, 0.4) is 0 Å². The SMILES string of the molecule is Nc1ccc(N)c2c1C=CCC=C2. The molecule has 0 aromatic heterocycles. The molecule has 0 saturated heterocycles. The Morgan fingerprint density at radius 2 is 1.31 bits per heavy atom. The van der Waals surface area contributed by atoms with Gasteiger partial charge in [-0.3, -0.25) is 0 Å². The van der Waals surface area contributed by atoms with Crippen molar-refractivity contribution in [3.63, 3.8) is 0 Å². The fourth-order valence-electron chi connectivity index (χ4n) is 1.49. The van der Waals surface area contributed by atoms with Crippen LogP contribution in [0.1, 0.15) is 17.5 Å². The van der Waals surface area contributed by atoms with E-state index in [9.17, 15) is 0 Å². The summed E-state index contributed by atoms with van der Waals surface area (Å²) in [6, 6.07) is 3.69. The van der Waals surface area contributed by atoms with E-state index in [2.05, 4.69) is 12.2 Å². The summed E-state index contributed by atoms with van der Waals surface area (Å²) < 4.78 is 0. The number of fused-ring (bicyclic) bond motifs is 1. The van der Waals surface area contributed by atoms with Gasteiger partial charge in [-0.05, 0) is 18.6 Å². The van der Waals surface area contributed by atoms with Crippen LogP contribution in [0.25, 0.3) is 12.2 Å². The van der Waals surface area contributed by atoms with E-state index < -0.39 is 0 Å². The number of hydrogen-bond donors (Lipinski definition) is 2. The number of allylic oxidation sites excluding steroid dienone is 2. The quantitative estimate of drug-likeness (QED) is 0.590. The van der Waals surface area contributed by atoms with E-state index in [-0.39, 0.29) is 0 Å². The molecule has 1 aliphatic carbocycles. The monoisotopic (exact) mass is 172 g/mol. The van der Waals surface area contributed by atoms with E-state index in [0.717, 1.165) is 28.9 Å². The molecule has 0 saturated carbocycles. The summed E-state index contributed by atoms with van der Waals surface area (Å²) >= 11 is 0. The van der Waals surface area contributed by atoms with Crippen LogP contribution in [0.4, 0.5) is 11.4 Å². The molecule has 0 heterocycles. The first-order valence-corrected chi connectivity index (χ1v) is 4.30. The highest BCUT2D eigenvalue weighted by Crippen LogP contribution is 2.27. The minimum absolute atomic E-state index is 0.784. The maximum atomic E-state index is 5.84. The lowest BCUT2D eigenvalue weighted by atomic mass is 10.0. The molecule has 0 amide bonds. The third-order valence-electron chi connectivity index (χ3n) is 2.20. The minimum Gasteiger partial charge on any atom is -0.398 e. The second-order valence-corrected chi connectivity index (χ2v) is 3.11. The zero-order chi connectivity index (χ0) is 9.26. The molecule has 2 nitrogen and oxygen atoms in total. The first-order chi connectivity index (χ1) is 6.29. The Morgan fingerprint density at radius 1 is 0.846 bits per heavy atom. The molecule has 1 aromatic carbocycles. The molecule has 0 aliphatic heterocycles. The van der Waals surface area contributed by atoms with Crippen molar-refractivity contribution in [2.75, 3.05) is 11.5 Å². The summed E-state index contributed by atoms with van der Waals surface area (Å²) in [5, 5.41) is 0. The van der Waals surface area contributed by atoms with Gasteiger partial charge in [0, 0.05) is 22.5 Å². The van der Waals surface area contributed by atoms with Gasteiger partial charge >= 0.3 is 0 Å². The second-order valence-electron chi connectivity index (χ2n) is 3.11. The molecule has 66 valence electrons. The van der Waals surface area contributed by atoms with Crippen molar-refractivity contribution in [1.82, 2.24) is 0 Å². The molecule has 0 radical (unpaired) electrons. The average molecular weight is 172 g/mol. The normalized spacial score (nSPS) is 13.8. The largest absolute Gasteiger partial charge is 0.398 e. The van der Waals surface area contributed by atoms with Crippen LogP contribution in [0.2, 0.25) is 0 Å². The van der Waals surface area contributed by atoms with Crippen molar-refractivity contribution in [2.24, 2.45) is 0 Å². The Labute approximate surface area is 77.6 Å². The number of rotatable bonds is 0. The number of nitrogens with two attached hydrogens (primary N) is 2. The predicted molar refractivity (Wildman–Crippen MR) is 58.0 cm³/mol. The van der Waals surface area contributed by atoms with Gasteiger partial charge in [0.05, 0.1) is 0 Å². The molecule has 0 unspecified atom stereocenters. The summed E-state index contributed by atoms with van der Waals surface area (Å²) in [4.78, 5) is 0. The second kappa shape index (κ2) is 2.98. The number of hydrogen-bond acceptors (Lipinski definition) is 2. The van der Waals surface area contributed by atoms with E-state index >= 15 is 0 Å². The van der Waals surface area contributed by atoms with Crippen molar-refractivity contribution < 1.29 is 0 Å². The Kier molecular flexibility index (Phi) is 1.81. The van der Waals surface area contributed by atoms with Gasteiger partial charge in [-0.25, -0.2) is 0 Å². The summed E-state index contributed by atoms with van der Waals surface area (Å²) in [7, 11) is 0. The molecular formula is C11H12N2. The first-order valence-electron chi connectivity index (χ1n) is 4.30. The molecule has 2 heteroatoms. The van der Waals surface area contributed by atoms with Crippen LogP contribution in [-0.4, -0.2) is 0 Å². The number of benzene rings is 1. The van der Waals surface area contributed by atoms with Gasteiger partial charge in [0.1, 0.15) is 0 Å². The standard InChI is InChI=1S/C11H12N2/c12-10-6-7-11(13)9-5-3-1-2-4-8(9)10/h2-7H,1,12-13H2. The Hall–Kier alpha value is -1.70. The highest BCUT2D eigenvalue weighted by molar-refractivity contribution is 5.82. The van der Waals surface area contributed by atoms with Gasteiger partial charge < -0.3 is 11.5 Å². The molecule has 1 aliphatic rings. The van der Waals surface area contributed by atoms with E-state index in [1.165, 1.54) is 0 Å². The molecular weight excluding hydrogens is 160 g/mol. The first kappa shape index (κ1) is 7.92. The van der Waals surface area contributed by atoms with Gasteiger partial charge in [-0.1, -0.05) is 24.3 Å². The lowest BCUT2D eigenvalue weighted by Crippen LogP contribution is -1.96. The molecule has 0 spiro atoms. The topological polar surface area (TPSA) is 52.0 Å². The third kappa shape index (κ3) is 1.31. The van der Waals surface area contributed by atoms with Crippen LogP contribution in [0.15, 0.2) is 24.3 Å². The van der Waals surface area contributed by atoms with Crippen LogP contribution >= 0.6 is 0 Å². The molecule has 0 atom stereocenters. The molecule has 4 N–H and O–H groups in total. The summed E-state index contributed by atoms with van der Waals surface area (Å²) in [6.07, 6.45) is 9.16. The van der Waals surface area contributed by atoms with Crippen LogP contribution in [0.5, 0.6) is 0 Å². The number of anilines is 2. The van der Waals surface area contributed by atoms with Crippen molar-refractivity contribution in [3.8, 4) is 0 Å². The van der Waals surface area contributed by atoms with Crippen molar-refractivity contribution in [3.05, 3.63) is 35.4 Å². The fourth-order valence-corrected chi connectivity index (χ4v) is 1.49. The van der Waals surface area contributed by atoms with Crippen LogP contribution < -0.4 is 11.5 Å². The maximum absolute atomic E-state index is 5.84. The molecule has 0 bridgehead atoms. The highest BCUT2D eigenvalue weighted by Gasteiger charge is 2.05. The Balaban J connectivity index is 2.71. The summed E-state index contributed by atoms with van der Waals surface area (Å²) in [5.41, 5.74) is 15.3. The average Bonchev–Trinajstić information content (AvgIpc) is 2.37. The third-order valence-corrected chi connectivity index (χ3v) is 2.20. The predicted octanol–water partition coefficient (Wildman–Crippen LogP) is 2.28. The fraction of sp³-hybridized carbons (Fsp3) is 0.0909. The maximum Gasteiger partial charge on any atom is 0.0395 e. The highest BCUT2D eigenvalue weighted by atomic mass is 14.6. The Morgan fingerprint density at radius 3 is 1.77 bits per heavy atom. The van der Waals surface area contributed by atoms with E-state index in [4.69, 9.17) is 11.5 Å². The van der Waals surface area contributed by atoms with Gasteiger partial charge in [0.25, 0.3) is 0 Å². The van der Waals surface area contributed by atoms with Gasteiger partial charge in [-0.2, -0.15) is 0 Å². The zero-order valence-electron chi connectivity index (χ0n) is 7.33. The number of nitrogen functional groups attached to an aromatic ring is 2. The summed E-state index contributed by atoms with van der Waals surface area (Å²) in [5.74, 6) is 0. The summed E-state index contributed by atoms with van der Waals surface area (Å²) in [6.45, 7) is 0. The molecule has 1 aromatic rings. The molecule has 0 fully saturated rings. The molecule has 13 heavy (non-hydrogen) atoms. The van der Waals surface area contributed by atoms with Crippen molar-refractivity contribution in [2.45, 2.75) is 6.42 Å². The minimum atomic E-state index is 0.784. The van der Waals surface area contributed by atoms with E-state index in [0.29, 0.717) is 0 Å². The van der Waals surface area contributed by atoms with Crippen LogP contribution in [-0.2, 0) is 0 Å². The lowest BCUT2D eigenvalue weighted by Gasteiger charge is -2.07. The van der Waals surface area contributed by atoms with Crippen LogP contribution in [0, 0.1) is 0 Å². The van der Waals surface area contributed by atoms with Gasteiger partial charge in [-0.15, -0.1) is 0 Å². The smallest absolute Gasteiger partial charge is 0.0395 e. The zero-order valence-corrected chi connectivity index (χ0v) is 7.33. The van der Waals surface area contributed by atoms with Gasteiger partial charge in [0.2, 0.25) is 0 Å². The van der Waals surface area contributed by atoms with E-state index in [1.807, 2.05) is 24.3 Å². The van der Waals surface area contributed by atoms with Crippen molar-refractivity contribution in [1.29, 1.82) is 0 Å². The van der Waals surface area contributed by atoms with Crippen molar-refractivity contribution >= 4 is 23.5 Å². The lowest BCUT2D eigenvalue weighted by molar-refractivity contribution is 1.44.